The number of sulfonamides is 1. The number of non-ortho nitro benzene ring substituents is 1. The molecule has 0 bridgehead atoms. The lowest BCUT2D eigenvalue weighted by Crippen LogP contribution is -2.52. The summed E-state index contributed by atoms with van der Waals surface area (Å²) >= 11 is 0. The molecule has 0 unspecified atom stereocenters. The monoisotopic (exact) mass is 522 g/mol. The zero-order valence-corrected chi connectivity index (χ0v) is 21.7. The molecule has 2 rings (SSSR count). The van der Waals surface area contributed by atoms with E-state index in [1.807, 2.05) is 6.92 Å². The van der Waals surface area contributed by atoms with Crippen LogP contribution in [-0.2, 0) is 26.2 Å². The van der Waals surface area contributed by atoms with E-state index in [1.54, 1.807) is 19.9 Å². The fraction of sp³-hybridized carbons (Fsp3) is 0.417. The Balaban J connectivity index is 2.49. The Bertz CT molecular complexity index is 1240. The third-order valence-electron chi connectivity index (χ3n) is 5.82. The number of carbonyl (C=O) groups is 2. The van der Waals surface area contributed by atoms with Crippen LogP contribution in [0.15, 0.2) is 42.5 Å². The first-order valence-electron chi connectivity index (χ1n) is 11.3. The van der Waals surface area contributed by atoms with Crippen molar-refractivity contribution in [3.8, 4) is 0 Å². The lowest BCUT2D eigenvalue weighted by atomic mass is 10.1. The average Bonchev–Trinajstić information content (AvgIpc) is 2.80. The van der Waals surface area contributed by atoms with Crippen LogP contribution in [0.2, 0.25) is 0 Å². The molecule has 2 aromatic carbocycles. The minimum absolute atomic E-state index is 0.0393. The topological polar surface area (TPSA) is 130 Å². The number of benzene rings is 2. The highest BCUT2D eigenvalue weighted by molar-refractivity contribution is 7.92. The number of rotatable bonds is 11. The Kier molecular flexibility index (Phi) is 9.51. The quantitative estimate of drug-likeness (QED) is 0.356. The summed E-state index contributed by atoms with van der Waals surface area (Å²) in [5.74, 6) is -1.84. The second-order valence-corrected chi connectivity index (χ2v) is 10.5. The summed E-state index contributed by atoms with van der Waals surface area (Å²) in [6.45, 7) is 5.68. The number of carbonyl (C=O) groups excluding carboxylic acids is 2. The van der Waals surface area contributed by atoms with Crippen LogP contribution in [0.3, 0.4) is 0 Å². The van der Waals surface area contributed by atoms with Crippen LogP contribution >= 0.6 is 0 Å². The number of hydrogen-bond acceptors (Lipinski definition) is 6. The Hall–Kier alpha value is -3.54. The van der Waals surface area contributed by atoms with E-state index in [0.717, 1.165) is 21.5 Å². The van der Waals surface area contributed by atoms with E-state index in [9.17, 15) is 32.5 Å². The molecule has 2 atom stereocenters. The van der Waals surface area contributed by atoms with Crippen LogP contribution < -0.4 is 9.62 Å². The van der Waals surface area contributed by atoms with Crippen molar-refractivity contribution in [3.05, 3.63) is 69.5 Å². The summed E-state index contributed by atoms with van der Waals surface area (Å²) in [4.78, 5) is 38.0. The van der Waals surface area contributed by atoms with Crippen molar-refractivity contribution in [2.24, 2.45) is 0 Å². The first kappa shape index (κ1) is 28.7. The highest BCUT2D eigenvalue weighted by Gasteiger charge is 2.32. The van der Waals surface area contributed by atoms with Crippen LogP contribution in [0.4, 0.5) is 15.8 Å². The largest absolute Gasteiger partial charge is 0.352 e. The molecule has 2 aromatic rings. The summed E-state index contributed by atoms with van der Waals surface area (Å²) in [6, 6.07) is 8.21. The van der Waals surface area contributed by atoms with E-state index >= 15 is 0 Å². The number of halogens is 1. The molecule has 12 heteroatoms. The zero-order valence-electron chi connectivity index (χ0n) is 20.9. The van der Waals surface area contributed by atoms with E-state index in [0.29, 0.717) is 12.0 Å². The Morgan fingerprint density at radius 3 is 2.36 bits per heavy atom. The van der Waals surface area contributed by atoms with Crippen molar-refractivity contribution >= 4 is 33.2 Å². The van der Waals surface area contributed by atoms with E-state index in [1.165, 1.54) is 37.3 Å². The van der Waals surface area contributed by atoms with Gasteiger partial charge in [0.25, 0.3) is 5.69 Å². The number of nitro benzene ring substituents is 1. The lowest BCUT2D eigenvalue weighted by Gasteiger charge is -2.32. The maximum absolute atomic E-state index is 14.4. The normalized spacial score (nSPS) is 12.9. The summed E-state index contributed by atoms with van der Waals surface area (Å²) in [5.41, 5.74) is 0.150. The van der Waals surface area contributed by atoms with Gasteiger partial charge in [0.15, 0.2) is 0 Å². The maximum Gasteiger partial charge on any atom is 0.271 e. The molecule has 10 nitrogen and oxygen atoms in total. The van der Waals surface area contributed by atoms with Crippen molar-refractivity contribution in [2.45, 2.75) is 52.7 Å². The first-order chi connectivity index (χ1) is 16.8. The van der Waals surface area contributed by atoms with Gasteiger partial charge < -0.3 is 10.2 Å². The second-order valence-electron chi connectivity index (χ2n) is 8.60. The van der Waals surface area contributed by atoms with Gasteiger partial charge in [-0.05, 0) is 38.8 Å². The van der Waals surface area contributed by atoms with Gasteiger partial charge in [-0.1, -0.05) is 31.2 Å². The smallest absolute Gasteiger partial charge is 0.271 e. The molecule has 0 saturated heterocycles. The van der Waals surface area contributed by atoms with Gasteiger partial charge in [0.1, 0.15) is 18.4 Å². The minimum Gasteiger partial charge on any atom is -0.352 e. The highest BCUT2D eigenvalue weighted by atomic mass is 32.2. The molecule has 2 amide bonds. The van der Waals surface area contributed by atoms with Gasteiger partial charge in [0, 0.05) is 30.3 Å². The first-order valence-corrected chi connectivity index (χ1v) is 13.2. The summed E-state index contributed by atoms with van der Waals surface area (Å²) in [7, 11) is -4.07. The van der Waals surface area contributed by atoms with Gasteiger partial charge in [-0.25, -0.2) is 12.8 Å². The standard InChI is InChI=1S/C24H31FN4O6S/c1-6-17(3)26-24(31)18(4)27(14-19-9-7-8-10-21(19)25)23(30)15-28(36(5,34)35)22-13-20(29(32)33)12-11-16(22)2/h7-13,17-18H,6,14-15H2,1-5H3,(H,26,31)/t17-,18+/m0/s1. The molecular formula is C24H31FN4O6S. The second kappa shape index (κ2) is 11.9. The van der Waals surface area contributed by atoms with Crippen LogP contribution in [0.5, 0.6) is 0 Å². The van der Waals surface area contributed by atoms with E-state index < -0.39 is 45.2 Å². The van der Waals surface area contributed by atoms with Gasteiger partial charge in [-0.3, -0.25) is 24.0 Å². The van der Waals surface area contributed by atoms with Gasteiger partial charge >= 0.3 is 0 Å². The molecule has 0 spiro atoms. The number of anilines is 1. The van der Waals surface area contributed by atoms with Gasteiger partial charge in [0.2, 0.25) is 21.8 Å². The third kappa shape index (κ3) is 7.23. The van der Waals surface area contributed by atoms with Crippen molar-refractivity contribution in [3.63, 3.8) is 0 Å². The fourth-order valence-corrected chi connectivity index (χ4v) is 4.33. The van der Waals surface area contributed by atoms with E-state index in [2.05, 4.69) is 5.32 Å². The van der Waals surface area contributed by atoms with Crippen molar-refractivity contribution in [1.29, 1.82) is 0 Å². The van der Waals surface area contributed by atoms with Gasteiger partial charge in [-0.2, -0.15) is 0 Å². The molecule has 0 aliphatic carbocycles. The van der Waals surface area contributed by atoms with Crippen LogP contribution in [0, 0.1) is 22.9 Å². The van der Waals surface area contributed by atoms with Crippen LogP contribution in [-0.4, -0.2) is 54.9 Å². The molecule has 0 aliphatic heterocycles. The van der Waals surface area contributed by atoms with Crippen LogP contribution in [0.25, 0.3) is 0 Å². The van der Waals surface area contributed by atoms with E-state index in [4.69, 9.17) is 0 Å². The lowest BCUT2D eigenvalue weighted by molar-refractivity contribution is -0.384. The number of aryl methyl sites for hydroxylation is 1. The number of amides is 2. The SMILES string of the molecule is CC[C@H](C)NC(=O)[C@@H](C)N(Cc1ccccc1F)C(=O)CN(c1cc([N+](=O)[O-])ccc1C)S(C)(=O)=O. The predicted molar refractivity (Wildman–Crippen MR) is 134 cm³/mol. The van der Waals surface area contributed by atoms with Gasteiger partial charge in [-0.15, -0.1) is 0 Å². The van der Waals surface area contributed by atoms with Crippen molar-refractivity contribution in [2.75, 3.05) is 17.1 Å². The summed E-state index contributed by atoms with van der Waals surface area (Å²) < 4.78 is 40.5. The third-order valence-corrected chi connectivity index (χ3v) is 6.94. The number of nitrogens with one attached hydrogen (secondary N) is 1. The zero-order chi connectivity index (χ0) is 27.2. The summed E-state index contributed by atoms with van der Waals surface area (Å²) in [6.07, 6.45) is 1.52. The number of nitrogens with zero attached hydrogens (tertiary/aromatic N) is 3. The molecule has 0 heterocycles. The molecule has 0 aromatic heterocycles. The Labute approximate surface area is 210 Å². The van der Waals surface area contributed by atoms with Crippen LogP contribution in [0.1, 0.15) is 38.3 Å². The molecule has 196 valence electrons. The van der Waals surface area contributed by atoms with Crippen molar-refractivity contribution in [1.82, 2.24) is 10.2 Å². The van der Waals surface area contributed by atoms with Gasteiger partial charge in [0.05, 0.1) is 16.9 Å². The van der Waals surface area contributed by atoms with E-state index in [-0.39, 0.29) is 29.5 Å². The molecule has 36 heavy (non-hydrogen) atoms. The maximum atomic E-state index is 14.4. The number of nitro groups is 1. The molecule has 0 radical (unpaired) electrons. The number of hydrogen-bond donors (Lipinski definition) is 1. The fourth-order valence-electron chi connectivity index (χ4n) is 3.43. The highest BCUT2D eigenvalue weighted by Crippen LogP contribution is 2.28. The molecule has 1 N–H and O–H groups in total. The predicted octanol–water partition coefficient (Wildman–Crippen LogP) is 3.14. The minimum atomic E-state index is -4.07. The summed E-state index contributed by atoms with van der Waals surface area (Å²) in [5, 5.41) is 14.0. The molecule has 0 aliphatic rings. The molecule has 0 fully saturated rings. The Morgan fingerprint density at radius 1 is 1.17 bits per heavy atom. The Morgan fingerprint density at radius 2 is 1.81 bits per heavy atom. The van der Waals surface area contributed by atoms with Crippen molar-refractivity contribution < 1.29 is 27.3 Å². The molecular weight excluding hydrogens is 491 g/mol. The average molecular weight is 523 g/mol. The molecule has 0 saturated carbocycles.